The van der Waals surface area contributed by atoms with Crippen LogP contribution in [0.2, 0.25) is 0 Å². The smallest absolute Gasteiger partial charge is 0.231 e. The van der Waals surface area contributed by atoms with Crippen LogP contribution in [-0.4, -0.2) is 28.2 Å². The maximum Gasteiger partial charge on any atom is 0.231 e. The van der Waals surface area contributed by atoms with Gasteiger partial charge in [-0.25, -0.2) is 4.98 Å². The van der Waals surface area contributed by atoms with Crippen LogP contribution in [-0.2, 0) is 19.5 Å². The van der Waals surface area contributed by atoms with Crippen LogP contribution >= 0.6 is 0 Å². The molecule has 0 bridgehead atoms. The molecule has 1 aliphatic carbocycles. The minimum Gasteiger partial charge on any atom is -0.454 e. The zero-order valence-corrected chi connectivity index (χ0v) is 21.1. The Hall–Kier alpha value is -2.79. The monoisotopic (exact) mass is 473 g/mol. The Balaban J connectivity index is 1.34. The van der Waals surface area contributed by atoms with Crippen LogP contribution in [0, 0.1) is 5.92 Å². The number of aromatic nitrogens is 2. The molecule has 0 unspecified atom stereocenters. The Bertz CT molecular complexity index is 1070. The summed E-state index contributed by atoms with van der Waals surface area (Å²) in [6.45, 7) is 5.45. The number of ether oxygens (including phenoxy) is 2. The van der Waals surface area contributed by atoms with Crippen molar-refractivity contribution in [1.82, 2.24) is 14.9 Å². The first kappa shape index (κ1) is 23.9. The summed E-state index contributed by atoms with van der Waals surface area (Å²) < 4.78 is 11.2. The zero-order chi connectivity index (χ0) is 23.9. The molecule has 3 aromatic rings. The summed E-state index contributed by atoms with van der Waals surface area (Å²) in [5.74, 6) is 3.63. The Kier molecular flexibility index (Phi) is 8.04. The molecule has 0 amide bonds. The first-order valence-corrected chi connectivity index (χ1v) is 13.5. The van der Waals surface area contributed by atoms with E-state index in [0.29, 0.717) is 6.79 Å². The average Bonchev–Trinajstić information content (AvgIpc) is 3.64. The molecule has 5 nitrogen and oxygen atoms in total. The number of H-pyrrole nitrogens is 1. The molecule has 0 saturated heterocycles. The highest BCUT2D eigenvalue weighted by molar-refractivity contribution is 5.55. The molecule has 0 atom stereocenters. The van der Waals surface area contributed by atoms with E-state index >= 15 is 0 Å². The van der Waals surface area contributed by atoms with E-state index < -0.39 is 0 Å². The van der Waals surface area contributed by atoms with Gasteiger partial charge in [0.1, 0.15) is 5.82 Å². The highest BCUT2D eigenvalue weighted by atomic mass is 16.7. The molecule has 5 rings (SSSR count). The minimum atomic E-state index is 0.321. The Morgan fingerprint density at radius 2 is 1.80 bits per heavy atom. The Morgan fingerprint density at radius 1 is 0.971 bits per heavy atom. The molecule has 186 valence electrons. The third kappa shape index (κ3) is 6.26. The second-order valence-corrected chi connectivity index (χ2v) is 10.2. The molecular weight excluding hydrogens is 434 g/mol. The van der Waals surface area contributed by atoms with Gasteiger partial charge in [-0.15, -0.1) is 0 Å². The fourth-order valence-electron chi connectivity index (χ4n) is 5.50. The van der Waals surface area contributed by atoms with Gasteiger partial charge >= 0.3 is 0 Å². The number of rotatable bonds is 12. The lowest BCUT2D eigenvalue weighted by atomic mass is 10.0. The van der Waals surface area contributed by atoms with E-state index in [-0.39, 0.29) is 0 Å². The van der Waals surface area contributed by atoms with Gasteiger partial charge in [0, 0.05) is 18.7 Å². The van der Waals surface area contributed by atoms with Gasteiger partial charge < -0.3 is 14.5 Å². The van der Waals surface area contributed by atoms with E-state index in [4.69, 9.17) is 14.5 Å². The number of hydrogen-bond acceptors (Lipinski definition) is 4. The van der Waals surface area contributed by atoms with Crippen molar-refractivity contribution in [1.29, 1.82) is 0 Å². The topological polar surface area (TPSA) is 50.4 Å². The summed E-state index contributed by atoms with van der Waals surface area (Å²) in [6, 6.07) is 16.9. The summed E-state index contributed by atoms with van der Waals surface area (Å²) in [6.07, 6.45) is 11.6. The van der Waals surface area contributed by atoms with Crippen molar-refractivity contribution < 1.29 is 9.47 Å². The average molecular weight is 474 g/mol. The van der Waals surface area contributed by atoms with E-state index in [1.807, 2.05) is 6.07 Å². The molecule has 0 spiro atoms. The number of fused-ring (bicyclic) bond motifs is 1. The van der Waals surface area contributed by atoms with Gasteiger partial charge in [-0.05, 0) is 55.8 Å². The highest BCUT2D eigenvalue weighted by Gasteiger charge is 2.19. The fourth-order valence-corrected chi connectivity index (χ4v) is 5.50. The maximum atomic E-state index is 5.65. The second kappa shape index (κ2) is 11.8. The van der Waals surface area contributed by atoms with Crippen molar-refractivity contribution in [3.63, 3.8) is 0 Å². The molecule has 1 aromatic heterocycles. The van der Waals surface area contributed by atoms with Gasteiger partial charge in [0.2, 0.25) is 6.79 Å². The van der Waals surface area contributed by atoms with Gasteiger partial charge in [0.15, 0.2) is 11.5 Å². The van der Waals surface area contributed by atoms with Crippen LogP contribution in [0.3, 0.4) is 0 Å². The van der Waals surface area contributed by atoms with E-state index in [9.17, 15) is 0 Å². The number of benzene rings is 2. The minimum absolute atomic E-state index is 0.321. The van der Waals surface area contributed by atoms with Gasteiger partial charge in [-0.1, -0.05) is 75.4 Å². The molecule has 2 heterocycles. The zero-order valence-electron chi connectivity index (χ0n) is 21.1. The third-order valence-corrected chi connectivity index (χ3v) is 7.47. The van der Waals surface area contributed by atoms with Crippen molar-refractivity contribution in [2.45, 2.75) is 77.8 Å². The number of imidazole rings is 1. The standard InChI is InChI=1S/C30H39N3O2/c1-2-3-15-26-27(32-30(31-26)25-13-5-4-6-14-25)21-33(18-9-12-23-10-7-8-11-23)20-24-16-17-28-29(19-24)35-22-34-28/h4-6,13-14,16-17,19,23H,2-3,7-12,15,18,20-22H2,1H3,(H,31,32). The quantitative estimate of drug-likeness (QED) is 0.304. The predicted octanol–water partition coefficient (Wildman–Crippen LogP) is 7.12. The molecule has 2 aromatic carbocycles. The molecule has 35 heavy (non-hydrogen) atoms. The summed E-state index contributed by atoms with van der Waals surface area (Å²) in [7, 11) is 0. The van der Waals surface area contributed by atoms with Crippen LogP contribution in [0.1, 0.15) is 75.2 Å². The Labute approximate surface area is 209 Å². The van der Waals surface area contributed by atoms with Gasteiger partial charge in [0.05, 0.1) is 11.4 Å². The largest absolute Gasteiger partial charge is 0.454 e. The Morgan fingerprint density at radius 3 is 2.63 bits per heavy atom. The van der Waals surface area contributed by atoms with Crippen molar-refractivity contribution in [2.75, 3.05) is 13.3 Å². The molecule has 0 radical (unpaired) electrons. The SMILES string of the molecule is CCCCc1nc(-c2ccccc2)[nH]c1CN(CCCC1CCCC1)Cc1ccc2c(c1)OCO2. The molecule has 1 saturated carbocycles. The first-order valence-electron chi connectivity index (χ1n) is 13.5. The van der Waals surface area contributed by atoms with Crippen LogP contribution in [0.5, 0.6) is 11.5 Å². The van der Waals surface area contributed by atoms with E-state index in [0.717, 1.165) is 61.3 Å². The van der Waals surface area contributed by atoms with Gasteiger partial charge in [-0.2, -0.15) is 0 Å². The number of nitrogens with zero attached hydrogens (tertiary/aromatic N) is 2. The summed E-state index contributed by atoms with van der Waals surface area (Å²) in [5.41, 5.74) is 4.91. The number of nitrogens with one attached hydrogen (secondary N) is 1. The number of aryl methyl sites for hydroxylation is 1. The van der Waals surface area contributed by atoms with Gasteiger partial charge in [-0.3, -0.25) is 4.90 Å². The van der Waals surface area contributed by atoms with E-state index in [2.05, 4.69) is 59.3 Å². The third-order valence-electron chi connectivity index (χ3n) is 7.47. The lowest BCUT2D eigenvalue weighted by Gasteiger charge is -2.23. The fraction of sp³-hybridized carbons (Fsp3) is 0.500. The molecule has 5 heteroatoms. The highest BCUT2D eigenvalue weighted by Crippen LogP contribution is 2.33. The van der Waals surface area contributed by atoms with Crippen LogP contribution < -0.4 is 9.47 Å². The second-order valence-electron chi connectivity index (χ2n) is 10.2. The number of unbranched alkanes of at least 4 members (excludes halogenated alkanes) is 1. The first-order chi connectivity index (χ1) is 17.3. The predicted molar refractivity (Wildman–Crippen MR) is 141 cm³/mol. The molecule has 1 N–H and O–H groups in total. The normalized spacial score (nSPS) is 15.4. The van der Waals surface area contributed by atoms with Crippen molar-refractivity contribution in [2.24, 2.45) is 5.92 Å². The summed E-state index contributed by atoms with van der Waals surface area (Å²) in [5, 5.41) is 0. The number of hydrogen-bond donors (Lipinski definition) is 1. The molecule has 2 aliphatic rings. The molecular formula is C30H39N3O2. The summed E-state index contributed by atoms with van der Waals surface area (Å²) in [4.78, 5) is 11.3. The van der Waals surface area contributed by atoms with E-state index in [1.165, 1.54) is 61.9 Å². The van der Waals surface area contributed by atoms with Crippen LogP contribution in [0.15, 0.2) is 48.5 Å². The number of aromatic amines is 1. The maximum absolute atomic E-state index is 5.65. The van der Waals surface area contributed by atoms with Gasteiger partial charge in [0.25, 0.3) is 0 Å². The van der Waals surface area contributed by atoms with Crippen molar-refractivity contribution in [3.05, 3.63) is 65.5 Å². The molecule has 1 fully saturated rings. The van der Waals surface area contributed by atoms with Crippen molar-refractivity contribution >= 4 is 0 Å². The summed E-state index contributed by atoms with van der Waals surface area (Å²) >= 11 is 0. The lowest BCUT2D eigenvalue weighted by Crippen LogP contribution is -2.25. The van der Waals surface area contributed by atoms with Crippen LogP contribution in [0.4, 0.5) is 0 Å². The molecule has 1 aliphatic heterocycles. The van der Waals surface area contributed by atoms with Crippen LogP contribution in [0.25, 0.3) is 11.4 Å². The van der Waals surface area contributed by atoms with E-state index in [1.54, 1.807) is 0 Å². The van der Waals surface area contributed by atoms with Crippen molar-refractivity contribution in [3.8, 4) is 22.9 Å². The lowest BCUT2D eigenvalue weighted by molar-refractivity contribution is 0.174.